The lowest BCUT2D eigenvalue weighted by Crippen LogP contribution is -2.07. The van der Waals surface area contributed by atoms with Crippen molar-refractivity contribution in [3.05, 3.63) is 35.2 Å². The van der Waals surface area contributed by atoms with Crippen LogP contribution in [0.2, 0.25) is 5.02 Å². The van der Waals surface area contributed by atoms with E-state index in [1.807, 2.05) is 23.7 Å². The Morgan fingerprint density at radius 3 is 2.83 bits per heavy atom. The lowest BCUT2D eigenvalue weighted by Gasteiger charge is -2.08. The van der Waals surface area contributed by atoms with Gasteiger partial charge in [0, 0.05) is 24.7 Å². The van der Waals surface area contributed by atoms with Gasteiger partial charge in [0.15, 0.2) is 0 Å². The molecule has 2 N–H and O–H groups in total. The molecule has 1 heterocycles. The summed E-state index contributed by atoms with van der Waals surface area (Å²) in [6, 6.07) is 5.59. The van der Waals surface area contributed by atoms with Crippen molar-refractivity contribution in [2.45, 2.75) is 6.42 Å². The highest BCUT2D eigenvalue weighted by Crippen LogP contribution is 2.32. The first-order chi connectivity index (χ1) is 8.67. The van der Waals surface area contributed by atoms with Gasteiger partial charge >= 0.3 is 0 Å². The van der Waals surface area contributed by atoms with E-state index in [2.05, 4.69) is 4.98 Å². The van der Waals surface area contributed by atoms with Gasteiger partial charge in [-0.3, -0.25) is 0 Å². The molecule has 0 atom stereocenters. The molecule has 0 amide bonds. The van der Waals surface area contributed by atoms with Crippen molar-refractivity contribution in [2.24, 2.45) is 12.8 Å². The highest BCUT2D eigenvalue weighted by atomic mass is 35.5. The van der Waals surface area contributed by atoms with Crippen LogP contribution in [0.5, 0.6) is 5.75 Å². The number of ether oxygens (including phenoxy) is 1. The van der Waals surface area contributed by atoms with Crippen LogP contribution in [-0.2, 0) is 13.5 Å². The van der Waals surface area contributed by atoms with Crippen molar-refractivity contribution in [1.29, 1.82) is 0 Å². The minimum absolute atomic E-state index is 0.584. The average Bonchev–Trinajstić information content (AvgIpc) is 2.72. The number of nitrogens with zero attached hydrogens (tertiary/aromatic N) is 2. The van der Waals surface area contributed by atoms with Gasteiger partial charge in [0.05, 0.1) is 24.2 Å². The number of imidazole rings is 1. The Morgan fingerprint density at radius 1 is 1.44 bits per heavy atom. The number of hydrogen-bond acceptors (Lipinski definition) is 3. The van der Waals surface area contributed by atoms with E-state index in [1.165, 1.54) is 0 Å². The van der Waals surface area contributed by atoms with Gasteiger partial charge in [-0.15, -0.1) is 0 Å². The molecule has 0 aliphatic heterocycles. The fraction of sp³-hybridized carbons (Fsp3) is 0.308. The van der Waals surface area contributed by atoms with E-state index in [9.17, 15) is 0 Å². The number of hydrogen-bond donors (Lipinski definition) is 1. The molecule has 1 aromatic heterocycles. The predicted molar refractivity (Wildman–Crippen MR) is 73.0 cm³/mol. The van der Waals surface area contributed by atoms with E-state index in [4.69, 9.17) is 22.1 Å². The van der Waals surface area contributed by atoms with Crippen LogP contribution in [0.15, 0.2) is 24.5 Å². The Labute approximate surface area is 111 Å². The smallest absolute Gasteiger partial charge is 0.120 e. The van der Waals surface area contributed by atoms with Gasteiger partial charge in [0.2, 0.25) is 0 Å². The summed E-state index contributed by atoms with van der Waals surface area (Å²) in [4.78, 5) is 4.40. The fourth-order valence-corrected chi connectivity index (χ4v) is 2.19. The van der Waals surface area contributed by atoms with Crippen LogP contribution in [0.25, 0.3) is 11.3 Å². The van der Waals surface area contributed by atoms with E-state index in [-0.39, 0.29) is 0 Å². The Bertz CT molecular complexity index is 551. The zero-order valence-electron chi connectivity index (χ0n) is 10.5. The maximum atomic E-state index is 6.26. The summed E-state index contributed by atoms with van der Waals surface area (Å²) in [7, 11) is 3.57. The third-order valence-electron chi connectivity index (χ3n) is 2.87. The molecule has 2 rings (SSSR count). The molecule has 0 radical (unpaired) electrons. The highest BCUT2D eigenvalue weighted by molar-refractivity contribution is 6.33. The van der Waals surface area contributed by atoms with E-state index in [0.29, 0.717) is 11.6 Å². The van der Waals surface area contributed by atoms with Crippen LogP contribution in [0, 0.1) is 0 Å². The van der Waals surface area contributed by atoms with Crippen LogP contribution in [-0.4, -0.2) is 23.2 Å². The molecule has 4 nitrogen and oxygen atoms in total. The van der Waals surface area contributed by atoms with Crippen molar-refractivity contribution in [3.8, 4) is 17.0 Å². The predicted octanol–water partition coefficient (Wildman–Crippen LogP) is 2.25. The Kier molecular flexibility index (Phi) is 3.89. The second-order valence-corrected chi connectivity index (χ2v) is 4.44. The van der Waals surface area contributed by atoms with Gasteiger partial charge in [0.25, 0.3) is 0 Å². The third-order valence-corrected chi connectivity index (χ3v) is 3.18. The van der Waals surface area contributed by atoms with Crippen LogP contribution in [0.4, 0.5) is 0 Å². The van der Waals surface area contributed by atoms with Gasteiger partial charge in [0.1, 0.15) is 5.75 Å². The number of nitrogens with two attached hydrogens (primary N) is 1. The lowest BCUT2D eigenvalue weighted by molar-refractivity contribution is 0.415. The van der Waals surface area contributed by atoms with Crippen LogP contribution >= 0.6 is 11.6 Å². The van der Waals surface area contributed by atoms with Gasteiger partial charge in [-0.1, -0.05) is 11.6 Å². The van der Waals surface area contributed by atoms with Crippen LogP contribution < -0.4 is 10.5 Å². The first kappa shape index (κ1) is 12.9. The Morgan fingerprint density at radius 2 is 2.22 bits per heavy atom. The minimum atomic E-state index is 0.584. The number of aromatic nitrogens is 2. The monoisotopic (exact) mass is 265 g/mol. The molecule has 0 bridgehead atoms. The summed E-state index contributed by atoms with van der Waals surface area (Å²) in [5.74, 6) is 0.736. The van der Waals surface area contributed by atoms with Crippen molar-refractivity contribution < 1.29 is 4.74 Å². The van der Waals surface area contributed by atoms with Crippen molar-refractivity contribution >= 4 is 11.6 Å². The molecule has 2 aromatic rings. The molecule has 0 spiro atoms. The molecule has 5 heteroatoms. The number of benzene rings is 1. The Hall–Kier alpha value is -1.52. The summed E-state index contributed by atoms with van der Waals surface area (Å²) in [5, 5.41) is 0.631. The summed E-state index contributed by atoms with van der Waals surface area (Å²) in [5.41, 5.74) is 8.50. The van der Waals surface area contributed by atoms with E-state index in [1.54, 1.807) is 19.5 Å². The van der Waals surface area contributed by atoms with Crippen LogP contribution in [0.1, 0.15) is 5.69 Å². The standard InChI is InChI=1S/C13H16ClN3O/c1-17-8-16-13(12(17)5-6-15)10-4-3-9(18-2)7-11(10)14/h3-4,7-8H,5-6,15H2,1-2H3. The highest BCUT2D eigenvalue weighted by Gasteiger charge is 2.13. The number of rotatable bonds is 4. The topological polar surface area (TPSA) is 53.1 Å². The third kappa shape index (κ3) is 2.35. The van der Waals surface area contributed by atoms with Crippen molar-refractivity contribution in [3.63, 3.8) is 0 Å². The van der Waals surface area contributed by atoms with Gasteiger partial charge in [-0.2, -0.15) is 0 Å². The molecule has 1 aromatic carbocycles. The zero-order valence-corrected chi connectivity index (χ0v) is 11.2. The summed E-state index contributed by atoms with van der Waals surface area (Å²) < 4.78 is 7.11. The van der Waals surface area contributed by atoms with Crippen molar-refractivity contribution in [1.82, 2.24) is 9.55 Å². The first-order valence-corrected chi connectivity index (χ1v) is 6.09. The molecule has 96 valence electrons. The maximum absolute atomic E-state index is 6.26. The van der Waals surface area contributed by atoms with E-state index >= 15 is 0 Å². The zero-order chi connectivity index (χ0) is 13.1. The van der Waals surface area contributed by atoms with Crippen LogP contribution in [0.3, 0.4) is 0 Å². The maximum Gasteiger partial charge on any atom is 0.120 e. The minimum Gasteiger partial charge on any atom is -0.497 e. The molecule has 0 saturated carbocycles. The SMILES string of the molecule is COc1ccc(-c2ncn(C)c2CCN)c(Cl)c1. The number of methoxy groups -OCH3 is 1. The molecule has 0 aliphatic rings. The molecule has 0 unspecified atom stereocenters. The summed E-state index contributed by atoms with van der Waals surface area (Å²) >= 11 is 6.26. The average molecular weight is 266 g/mol. The number of halogens is 1. The summed E-state index contributed by atoms with van der Waals surface area (Å²) in [6.45, 7) is 0.584. The summed E-state index contributed by atoms with van der Waals surface area (Å²) in [6.07, 6.45) is 2.55. The molecule has 0 fully saturated rings. The molecular weight excluding hydrogens is 250 g/mol. The molecule has 0 saturated heterocycles. The van der Waals surface area contributed by atoms with E-state index in [0.717, 1.165) is 29.1 Å². The van der Waals surface area contributed by atoms with Gasteiger partial charge in [-0.25, -0.2) is 4.98 Å². The van der Waals surface area contributed by atoms with Crippen molar-refractivity contribution in [2.75, 3.05) is 13.7 Å². The second-order valence-electron chi connectivity index (χ2n) is 4.04. The van der Waals surface area contributed by atoms with Gasteiger partial charge in [-0.05, 0) is 24.7 Å². The second kappa shape index (κ2) is 5.42. The molecule has 18 heavy (non-hydrogen) atoms. The normalized spacial score (nSPS) is 10.7. The quantitative estimate of drug-likeness (QED) is 0.923. The Balaban J connectivity index is 2.48. The van der Waals surface area contributed by atoms with Gasteiger partial charge < -0.3 is 15.0 Å². The number of aryl methyl sites for hydroxylation is 1. The largest absolute Gasteiger partial charge is 0.497 e. The first-order valence-electron chi connectivity index (χ1n) is 5.71. The lowest BCUT2D eigenvalue weighted by atomic mass is 10.1. The molecule has 0 aliphatic carbocycles. The van der Waals surface area contributed by atoms with E-state index < -0.39 is 0 Å². The fourth-order valence-electron chi connectivity index (χ4n) is 1.93. The molecular formula is C13H16ClN3O.